The van der Waals surface area contributed by atoms with Crippen molar-refractivity contribution >= 4 is 34.4 Å². The second-order valence-electron chi connectivity index (χ2n) is 5.79. The number of aromatic nitrogens is 3. The SMILES string of the molecule is Cc1ncc(Cl)c(C)c1CC(=O)/C(F)=C/c1ccc2c(F)[nH]nc2c1F. The van der Waals surface area contributed by atoms with E-state index in [1.807, 2.05) is 5.10 Å². The van der Waals surface area contributed by atoms with Crippen LogP contribution in [0.25, 0.3) is 17.0 Å². The summed E-state index contributed by atoms with van der Waals surface area (Å²) in [4.78, 5) is 16.2. The Bertz CT molecular complexity index is 1060. The zero-order valence-electron chi connectivity index (χ0n) is 13.8. The molecule has 2 heterocycles. The first kappa shape index (κ1) is 18.1. The summed E-state index contributed by atoms with van der Waals surface area (Å²) in [6.45, 7) is 3.40. The zero-order valence-corrected chi connectivity index (χ0v) is 14.6. The normalized spacial score (nSPS) is 12.0. The number of aromatic amines is 1. The van der Waals surface area contributed by atoms with E-state index < -0.39 is 23.4 Å². The van der Waals surface area contributed by atoms with Crippen LogP contribution in [0.3, 0.4) is 0 Å². The van der Waals surface area contributed by atoms with Crippen LogP contribution >= 0.6 is 11.6 Å². The molecule has 0 radical (unpaired) electrons. The van der Waals surface area contributed by atoms with Crippen LogP contribution in [-0.4, -0.2) is 21.0 Å². The highest BCUT2D eigenvalue weighted by Crippen LogP contribution is 2.25. The number of Topliss-reactive ketones (excluding diaryl/α,β-unsaturated/α-hetero) is 1. The number of halogens is 4. The number of nitrogens with zero attached hydrogens (tertiary/aromatic N) is 2. The number of hydrogen-bond donors (Lipinski definition) is 1. The Hall–Kier alpha value is -2.67. The van der Waals surface area contributed by atoms with Gasteiger partial charge in [0.2, 0.25) is 5.95 Å². The summed E-state index contributed by atoms with van der Waals surface area (Å²) in [6, 6.07) is 2.44. The van der Waals surface area contributed by atoms with Crippen LogP contribution in [0.4, 0.5) is 13.2 Å². The lowest BCUT2D eigenvalue weighted by atomic mass is 10.0. The van der Waals surface area contributed by atoms with Crippen molar-refractivity contribution in [2.75, 3.05) is 0 Å². The minimum Gasteiger partial charge on any atom is -0.291 e. The summed E-state index contributed by atoms with van der Waals surface area (Å²) in [5.41, 5.74) is 1.26. The Morgan fingerprint density at radius 1 is 1.31 bits per heavy atom. The highest BCUT2D eigenvalue weighted by molar-refractivity contribution is 6.31. The van der Waals surface area contributed by atoms with E-state index in [0.29, 0.717) is 21.8 Å². The summed E-state index contributed by atoms with van der Waals surface area (Å²) in [6.07, 6.45) is 1.97. The van der Waals surface area contributed by atoms with E-state index in [0.717, 1.165) is 6.08 Å². The smallest absolute Gasteiger partial charge is 0.216 e. The molecule has 0 unspecified atom stereocenters. The van der Waals surface area contributed by atoms with E-state index in [9.17, 15) is 18.0 Å². The van der Waals surface area contributed by atoms with Gasteiger partial charge in [-0.3, -0.25) is 14.9 Å². The van der Waals surface area contributed by atoms with Gasteiger partial charge in [-0.05, 0) is 37.1 Å². The van der Waals surface area contributed by atoms with Crippen molar-refractivity contribution in [2.45, 2.75) is 20.3 Å². The van der Waals surface area contributed by atoms with Gasteiger partial charge in [0.1, 0.15) is 5.52 Å². The molecule has 1 N–H and O–H groups in total. The predicted octanol–water partition coefficient (Wildman–Crippen LogP) is 4.63. The van der Waals surface area contributed by atoms with Crippen molar-refractivity contribution in [3.05, 3.63) is 63.3 Å². The number of rotatable bonds is 4. The summed E-state index contributed by atoms with van der Waals surface area (Å²) in [5, 5.41) is 5.83. The molecule has 8 heteroatoms. The second-order valence-corrected chi connectivity index (χ2v) is 6.20. The predicted molar refractivity (Wildman–Crippen MR) is 92.5 cm³/mol. The van der Waals surface area contributed by atoms with Gasteiger partial charge in [-0.2, -0.15) is 9.49 Å². The fourth-order valence-electron chi connectivity index (χ4n) is 2.61. The van der Waals surface area contributed by atoms with Crippen molar-refractivity contribution in [3.8, 4) is 0 Å². The number of benzene rings is 1. The number of pyridine rings is 1. The minimum absolute atomic E-state index is 0.0531. The van der Waals surface area contributed by atoms with Gasteiger partial charge in [-0.25, -0.2) is 8.78 Å². The number of allylic oxidation sites excluding steroid dienone is 1. The molecule has 26 heavy (non-hydrogen) atoms. The van der Waals surface area contributed by atoms with Crippen LogP contribution in [0.5, 0.6) is 0 Å². The van der Waals surface area contributed by atoms with Crippen molar-refractivity contribution in [1.29, 1.82) is 0 Å². The Balaban J connectivity index is 1.92. The topological polar surface area (TPSA) is 58.6 Å². The number of carbonyl (C=O) groups is 1. The number of nitrogens with one attached hydrogen (secondary N) is 1. The summed E-state index contributed by atoms with van der Waals surface area (Å²) >= 11 is 5.98. The highest BCUT2D eigenvalue weighted by atomic mass is 35.5. The van der Waals surface area contributed by atoms with Gasteiger partial charge in [0.15, 0.2) is 17.4 Å². The number of aryl methyl sites for hydroxylation is 1. The first-order valence-corrected chi connectivity index (χ1v) is 8.00. The Kier molecular flexibility index (Phi) is 4.82. The molecule has 0 saturated heterocycles. The summed E-state index contributed by atoms with van der Waals surface area (Å²) < 4.78 is 42.0. The largest absolute Gasteiger partial charge is 0.291 e. The number of hydrogen-bond acceptors (Lipinski definition) is 3. The van der Waals surface area contributed by atoms with Crippen LogP contribution in [0, 0.1) is 25.6 Å². The monoisotopic (exact) mass is 379 g/mol. The molecule has 0 aliphatic carbocycles. The van der Waals surface area contributed by atoms with Crippen LogP contribution < -0.4 is 0 Å². The molecule has 0 fully saturated rings. The van der Waals surface area contributed by atoms with Gasteiger partial charge in [0, 0.05) is 23.9 Å². The third-order valence-electron chi connectivity index (χ3n) is 4.15. The fraction of sp³-hybridized carbons (Fsp3) is 0.167. The molecule has 0 bridgehead atoms. The van der Waals surface area contributed by atoms with Crippen LogP contribution in [0.2, 0.25) is 5.02 Å². The molecule has 134 valence electrons. The van der Waals surface area contributed by atoms with Crippen LogP contribution in [0.1, 0.15) is 22.4 Å². The lowest BCUT2D eigenvalue weighted by Crippen LogP contribution is -2.08. The van der Waals surface area contributed by atoms with E-state index in [1.54, 1.807) is 13.8 Å². The third-order valence-corrected chi connectivity index (χ3v) is 4.53. The van der Waals surface area contributed by atoms with Gasteiger partial charge in [0.05, 0.1) is 10.4 Å². The highest BCUT2D eigenvalue weighted by Gasteiger charge is 2.18. The Labute approximate surface area is 151 Å². The minimum atomic E-state index is -1.13. The fourth-order valence-corrected chi connectivity index (χ4v) is 2.77. The molecule has 3 rings (SSSR count). The van der Waals surface area contributed by atoms with Gasteiger partial charge in [0.25, 0.3) is 0 Å². The molecule has 0 aliphatic rings. The van der Waals surface area contributed by atoms with E-state index in [4.69, 9.17) is 11.6 Å². The number of carbonyl (C=O) groups excluding carboxylic acids is 1. The maximum Gasteiger partial charge on any atom is 0.216 e. The molecule has 4 nitrogen and oxygen atoms in total. The number of H-pyrrole nitrogens is 1. The first-order valence-electron chi connectivity index (χ1n) is 7.62. The van der Waals surface area contributed by atoms with Gasteiger partial charge in [-0.15, -0.1) is 0 Å². The molecular formula is C18H13ClF3N3O. The average Bonchev–Trinajstić information content (AvgIpc) is 2.99. The van der Waals surface area contributed by atoms with Crippen molar-refractivity contribution in [3.63, 3.8) is 0 Å². The Morgan fingerprint density at radius 3 is 2.77 bits per heavy atom. The lowest BCUT2D eigenvalue weighted by molar-refractivity contribution is -0.116. The maximum atomic E-state index is 14.3. The molecule has 2 aromatic heterocycles. The van der Waals surface area contributed by atoms with E-state index in [1.165, 1.54) is 18.3 Å². The third kappa shape index (κ3) is 3.22. The molecule has 0 amide bonds. The van der Waals surface area contributed by atoms with Gasteiger partial charge in [-0.1, -0.05) is 17.7 Å². The quantitative estimate of drug-likeness (QED) is 0.672. The van der Waals surface area contributed by atoms with E-state index in [-0.39, 0.29) is 22.9 Å². The first-order chi connectivity index (χ1) is 12.3. The second kappa shape index (κ2) is 6.92. The number of ketones is 1. The van der Waals surface area contributed by atoms with Crippen LogP contribution in [0.15, 0.2) is 24.2 Å². The molecule has 1 aromatic carbocycles. The maximum absolute atomic E-state index is 14.3. The zero-order chi connectivity index (χ0) is 19.0. The summed E-state index contributed by atoms with van der Waals surface area (Å²) in [5.74, 6) is -3.67. The van der Waals surface area contributed by atoms with E-state index >= 15 is 0 Å². The van der Waals surface area contributed by atoms with Crippen molar-refractivity contribution < 1.29 is 18.0 Å². The van der Waals surface area contributed by atoms with Crippen LogP contribution in [-0.2, 0) is 11.2 Å². The molecule has 0 saturated carbocycles. The number of fused-ring (bicyclic) bond motifs is 1. The molecule has 0 spiro atoms. The van der Waals surface area contributed by atoms with Gasteiger partial charge >= 0.3 is 0 Å². The Morgan fingerprint density at radius 2 is 2.04 bits per heavy atom. The average molecular weight is 380 g/mol. The van der Waals surface area contributed by atoms with Gasteiger partial charge < -0.3 is 0 Å². The molecule has 0 aliphatic heterocycles. The molecular weight excluding hydrogens is 367 g/mol. The molecule has 0 atom stereocenters. The van der Waals surface area contributed by atoms with Crippen molar-refractivity contribution in [2.24, 2.45) is 0 Å². The van der Waals surface area contributed by atoms with Crippen molar-refractivity contribution in [1.82, 2.24) is 15.2 Å². The molecule has 3 aromatic rings. The lowest BCUT2D eigenvalue weighted by Gasteiger charge is -2.09. The van der Waals surface area contributed by atoms with E-state index in [2.05, 4.69) is 10.1 Å². The standard InChI is InChI=1S/C18H13ClF3N3O/c1-8-12(9(2)23-7-13(8)19)6-15(26)14(20)5-10-3-4-11-17(16(10)21)24-25-18(11)22/h3-5,7H,6H2,1-2H3,(H,24,25)/b14-5-. The summed E-state index contributed by atoms with van der Waals surface area (Å²) in [7, 11) is 0.